The second kappa shape index (κ2) is 6.04. The number of hydrogen-bond acceptors (Lipinski definition) is 2. The monoisotopic (exact) mass is 364 g/mol. The van der Waals surface area contributed by atoms with Crippen LogP contribution in [0.4, 0.5) is 0 Å². The first-order valence-corrected chi connectivity index (χ1v) is 13.5. The summed E-state index contributed by atoms with van der Waals surface area (Å²) in [5.74, 6) is 0. The molecule has 0 aliphatic carbocycles. The zero-order valence-corrected chi connectivity index (χ0v) is 11.7. The summed E-state index contributed by atoms with van der Waals surface area (Å²) < 4.78 is 7.07. The molecule has 0 unspecified atom stereocenters. The summed E-state index contributed by atoms with van der Waals surface area (Å²) in [6, 6.07) is 1.26. The summed E-state index contributed by atoms with van der Waals surface area (Å²) in [5.41, 5.74) is 0. The molecule has 0 aromatic carbocycles. The fourth-order valence-electron chi connectivity index (χ4n) is 0.491. The zero-order chi connectivity index (χ0) is 8.15. The minimum absolute atomic E-state index is 0.631. The van der Waals surface area contributed by atoms with E-state index in [0.717, 1.165) is 0 Å². The van der Waals surface area contributed by atoms with Gasteiger partial charge in [-0.1, -0.05) is 0 Å². The fraction of sp³-hybridized carbons (Fsp3) is 1.00. The summed E-state index contributed by atoms with van der Waals surface area (Å²) in [6.07, 6.45) is 0. The van der Waals surface area contributed by atoms with Crippen molar-refractivity contribution in [2.45, 2.75) is 39.8 Å². The van der Waals surface area contributed by atoms with E-state index in [2.05, 4.69) is 53.1 Å². The van der Waals surface area contributed by atoms with Crippen LogP contribution in [-0.4, -0.2) is 28.8 Å². The molecule has 4 heteroatoms. The molecule has 0 aromatic heterocycles. The van der Waals surface area contributed by atoms with Crippen molar-refractivity contribution in [3.05, 3.63) is 0 Å². The summed E-state index contributed by atoms with van der Waals surface area (Å²) in [6.45, 7) is 8.77. The van der Waals surface area contributed by atoms with Gasteiger partial charge in [-0.2, -0.15) is 0 Å². The van der Waals surface area contributed by atoms with Crippen LogP contribution in [0.2, 0.25) is 0 Å². The van der Waals surface area contributed by atoms with Crippen LogP contribution in [0.1, 0.15) is 27.7 Å². The normalized spacial score (nSPS) is 12.0. The molecule has 0 bridgehead atoms. The molecule has 62 valence electrons. The molecular weight excluding hydrogens is 349 g/mol. The van der Waals surface area contributed by atoms with Gasteiger partial charge in [-0.15, -0.1) is 0 Å². The first kappa shape index (κ1) is 11.5. The predicted octanol–water partition coefficient (Wildman–Crippen LogP) is 1.40. The van der Waals surface area contributed by atoms with Crippen molar-refractivity contribution in [2.75, 3.05) is 0 Å². The Morgan fingerprint density at radius 1 is 1.00 bits per heavy atom. The van der Waals surface area contributed by atoms with Gasteiger partial charge in [-0.25, -0.2) is 0 Å². The van der Waals surface area contributed by atoms with Crippen LogP contribution >= 0.6 is 18.5 Å². The summed E-state index contributed by atoms with van der Waals surface area (Å²) in [5, 5.41) is 0. The fourth-order valence-corrected chi connectivity index (χ4v) is 10.8. The average Bonchev–Trinajstić information content (AvgIpc) is 1.58. The minimum atomic E-state index is -1.24. The van der Waals surface area contributed by atoms with Gasteiger partial charge >= 0.3 is 82.0 Å². The van der Waals surface area contributed by atoms with Gasteiger partial charge in [0.2, 0.25) is 0 Å². The third-order valence-corrected chi connectivity index (χ3v) is 8.72. The summed E-state index contributed by atoms with van der Waals surface area (Å²) in [7, 11) is 0. The van der Waals surface area contributed by atoms with Gasteiger partial charge in [0.25, 0.3) is 0 Å². The van der Waals surface area contributed by atoms with E-state index in [4.69, 9.17) is 0 Å². The van der Waals surface area contributed by atoms with E-state index in [1.165, 1.54) is 0 Å². The quantitative estimate of drug-likeness (QED) is 0.582. The van der Waals surface area contributed by atoms with E-state index in [0.29, 0.717) is 12.1 Å². The van der Waals surface area contributed by atoms with Crippen LogP contribution in [0.25, 0.3) is 0 Å². The number of rotatable bonds is 4. The van der Waals surface area contributed by atoms with Crippen molar-refractivity contribution in [1.29, 1.82) is 0 Å². The number of nitrogens with one attached hydrogen (secondary N) is 2. The topological polar surface area (TPSA) is 24.1 Å². The Hall–Kier alpha value is 1.47. The Kier molecular flexibility index (Phi) is 6.92. The molecule has 0 atom stereocenters. The second-order valence-corrected chi connectivity index (χ2v) is 12.4. The molecule has 0 rings (SSSR count). The van der Waals surface area contributed by atoms with E-state index in [9.17, 15) is 0 Å². The van der Waals surface area contributed by atoms with Crippen LogP contribution in [0.3, 0.4) is 0 Å². The molecule has 0 radical (unpaired) electrons. The molecule has 2 N–H and O–H groups in total. The predicted molar refractivity (Wildman–Crippen MR) is 56.3 cm³/mol. The van der Waals surface area contributed by atoms with E-state index >= 15 is 0 Å². The van der Waals surface area contributed by atoms with Crippen LogP contribution in [0.5, 0.6) is 0 Å². The molecule has 0 heterocycles. The van der Waals surface area contributed by atoms with Gasteiger partial charge in [-0.05, 0) is 0 Å². The van der Waals surface area contributed by atoms with Gasteiger partial charge in [0.15, 0.2) is 0 Å². The van der Waals surface area contributed by atoms with Crippen molar-refractivity contribution in [3.8, 4) is 0 Å². The maximum absolute atomic E-state index is 3.53. The van der Waals surface area contributed by atoms with Crippen LogP contribution in [0.15, 0.2) is 0 Å². The molecule has 0 aromatic rings. The Labute approximate surface area is 81.3 Å². The van der Waals surface area contributed by atoms with E-state index in [-0.39, 0.29) is 0 Å². The molecule has 10 heavy (non-hydrogen) atoms. The van der Waals surface area contributed by atoms with Crippen LogP contribution in [0, 0.1) is 0 Å². The molecule has 2 nitrogen and oxygen atoms in total. The third kappa shape index (κ3) is 7.57. The second-order valence-electron chi connectivity index (χ2n) is 2.85. The Bertz CT molecular complexity index is 77.8. The Morgan fingerprint density at radius 3 is 1.50 bits per heavy atom. The van der Waals surface area contributed by atoms with Gasteiger partial charge in [0.1, 0.15) is 0 Å². The van der Waals surface area contributed by atoms with Crippen molar-refractivity contribution in [2.24, 2.45) is 0 Å². The maximum atomic E-state index is 3.53. The van der Waals surface area contributed by atoms with E-state index in [1.54, 1.807) is 0 Å². The Balaban J connectivity index is 3.34. The molecule has 0 spiro atoms. The van der Waals surface area contributed by atoms with Gasteiger partial charge in [-0.3, -0.25) is 0 Å². The molecule has 0 fully saturated rings. The Morgan fingerprint density at radius 2 is 1.30 bits per heavy atom. The molecule has 0 aliphatic heterocycles. The third-order valence-electron chi connectivity index (χ3n) is 0.743. The van der Waals surface area contributed by atoms with Crippen molar-refractivity contribution >= 4 is 35.2 Å². The first-order chi connectivity index (χ1) is 4.52. The molecular formula is C6H16IN2Sb. The SMILES string of the molecule is CC(C)[NH][Sb]([I])[NH]C(C)C. The zero-order valence-electron chi connectivity index (χ0n) is 6.98. The van der Waals surface area contributed by atoms with Gasteiger partial charge < -0.3 is 0 Å². The van der Waals surface area contributed by atoms with Crippen LogP contribution in [-0.2, 0) is 0 Å². The first-order valence-electron chi connectivity index (χ1n) is 3.50. The molecule has 0 saturated heterocycles. The average molecular weight is 365 g/mol. The summed E-state index contributed by atoms with van der Waals surface area (Å²) >= 11 is 1.29. The number of hydrogen-bond donors (Lipinski definition) is 2. The molecule has 0 amide bonds. The standard InChI is InChI=1S/2C3H8N.HI.Sb/c2*1-3(2)4;;/h2*3-4H,1-2H3;1H;/q2*-1;;+3/p-1. The van der Waals surface area contributed by atoms with Crippen molar-refractivity contribution in [1.82, 2.24) is 6.95 Å². The molecule has 0 saturated carbocycles. The van der Waals surface area contributed by atoms with Gasteiger partial charge in [0.05, 0.1) is 0 Å². The van der Waals surface area contributed by atoms with Crippen molar-refractivity contribution in [3.63, 3.8) is 0 Å². The van der Waals surface area contributed by atoms with E-state index in [1.807, 2.05) is 0 Å². The van der Waals surface area contributed by atoms with Gasteiger partial charge in [0, 0.05) is 0 Å². The van der Waals surface area contributed by atoms with E-state index < -0.39 is 16.7 Å². The number of halogens is 1. The van der Waals surface area contributed by atoms with Crippen LogP contribution < -0.4 is 6.95 Å². The van der Waals surface area contributed by atoms with Crippen molar-refractivity contribution < 1.29 is 0 Å². The summed E-state index contributed by atoms with van der Waals surface area (Å²) in [4.78, 5) is 0. The molecule has 0 aliphatic rings.